The van der Waals surface area contributed by atoms with E-state index in [-0.39, 0.29) is 11.0 Å². The van der Waals surface area contributed by atoms with Crippen molar-refractivity contribution < 1.29 is 12.6 Å². The SMILES string of the molecule is CC1CCCCC1OS(=O)(=O)c1ccccc1. The highest BCUT2D eigenvalue weighted by atomic mass is 32.2. The Morgan fingerprint density at radius 3 is 2.41 bits per heavy atom. The molecule has 1 saturated carbocycles. The lowest BCUT2D eigenvalue weighted by Gasteiger charge is -2.27. The lowest BCUT2D eigenvalue weighted by Crippen LogP contribution is -2.28. The van der Waals surface area contributed by atoms with Crippen LogP contribution in [0, 0.1) is 5.92 Å². The van der Waals surface area contributed by atoms with Gasteiger partial charge in [0.05, 0.1) is 11.0 Å². The molecule has 0 heterocycles. The first-order valence-corrected chi connectivity index (χ1v) is 7.49. The third kappa shape index (κ3) is 3.07. The van der Waals surface area contributed by atoms with E-state index in [1.807, 2.05) is 0 Å². The van der Waals surface area contributed by atoms with Crippen molar-refractivity contribution in [2.75, 3.05) is 0 Å². The highest BCUT2D eigenvalue weighted by Gasteiger charge is 2.28. The Hall–Kier alpha value is -0.870. The van der Waals surface area contributed by atoms with E-state index in [2.05, 4.69) is 6.92 Å². The fraction of sp³-hybridized carbons (Fsp3) is 0.538. The largest absolute Gasteiger partial charge is 0.297 e. The molecule has 0 N–H and O–H groups in total. The Morgan fingerprint density at radius 1 is 1.12 bits per heavy atom. The summed E-state index contributed by atoms with van der Waals surface area (Å²) in [5, 5.41) is 0. The van der Waals surface area contributed by atoms with E-state index in [0.29, 0.717) is 5.92 Å². The summed E-state index contributed by atoms with van der Waals surface area (Å²) in [6, 6.07) is 8.36. The van der Waals surface area contributed by atoms with Crippen molar-refractivity contribution >= 4 is 10.1 Å². The van der Waals surface area contributed by atoms with Crippen molar-refractivity contribution in [3.05, 3.63) is 30.3 Å². The van der Waals surface area contributed by atoms with Crippen LogP contribution in [0.3, 0.4) is 0 Å². The third-order valence-electron chi connectivity index (χ3n) is 3.31. The number of hydrogen-bond acceptors (Lipinski definition) is 3. The fourth-order valence-corrected chi connectivity index (χ4v) is 3.44. The van der Waals surface area contributed by atoms with Crippen LogP contribution in [0.4, 0.5) is 0 Å². The maximum atomic E-state index is 12.0. The van der Waals surface area contributed by atoms with Crippen molar-refractivity contribution in [3.63, 3.8) is 0 Å². The van der Waals surface area contributed by atoms with E-state index in [9.17, 15) is 8.42 Å². The maximum absolute atomic E-state index is 12.0. The molecule has 0 amide bonds. The predicted octanol–water partition coefficient (Wildman–Crippen LogP) is 2.97. The van der Waals surface area contributed by atoms with Gasteiger partial charge in [-0.05, 0) is 30.9 Å². The van der Waals surface area contributed by atoms with Gasteiger partial charge in [0, 0.05) is 0 Å². The van der Waals surface area contributed by atoms with E-state index in [1.54, 1.807) is 30.3 Å². The predicted molar refractivity (Wildman–Crippen MR) is 66.1 cm³/mol. The van der Waals surface area contributed by atoms with Gasteiger partial charge in [-0.2, -0.15) is 8.42 Å². The summed E-state index contributed by atoms with van der Waals surface area (Å²) < 4.78 is 29.4. The third-order valence-corrected chi connectivity index (χ3v) is 4.67. The monoisotopic (exact) mass is 254 g/mol. The lowest BCUT2D eigenvalue weighted by atomic mass is 9.88. The molecular weight excluding hydrogens is 236 g/mol. The average molecular weight is 254 g/mol. The molecule has 3 nitrogen and oxygen atoms in total. The normalized spacial score (nSPS) is 25.7. The van der Waals surface area contributed by atoms with E-state index in [1.165, 1.54) is 6.42 Å². The Labute approximate surface area is 103 Å². The van der Waals surface area contributed by atoms with Crippen LogP contribution in [0.1, 0.15) is 32.6 Å². The zero-order valence-corrected chi connectivity index (χ0v) is 10.8. The van der Waals surface area contributed by atoms with Crippen LogP contribution < -0.4 is 0 Å². The molecule has 2 atom stereocenters. The molecule has 0 bridgehead atoms. The molecule has 1 aliphatic carbocycles. The molecule has 4 heteroatoms. The van der Waals surface area contributed by atoms with Crippen molar-refractivity contribution in [2.24, 2.45) is 5.92 Å². The fourth-order valence-electron chi connectivity index (χ4n) is 2.23. The Kier molecular flexibility index (Phi) is 3.84. The second-order valence-electron chi connectivity index (χ2n) is 4.66. The van der Waals surface area contributed by atoms with Crippen LogP contribution in [-0.2, 0) is 14.3 Å². The summed E-state index contributed by atoms with van der Waals surface area (Å²) in [4.78, 5) is 0.248. The molecule has 0 aliphatic heterocycles. The minimum absolute atomic E-state index is 0.158. The molecule has 0 saturated heterocycles. The van der Waals surface area contributed by atoms with Gasteiger partial charge in [-0.25, -0.2) is 0 Å². The van der Waals surface area contributed by atoms with Gasteiger partial charge in [0.25, 0.3) is 10.1 Å². The standard InChI is InChI=1S/C13H18O3S/c1-11-7-5-6-10-13(11)16-17(14,15)12-8-3-2-4-9-12/h2-4,8-9,11,13H,5-7,10H2,1H3. The van der Waals surface area contributed by atoms with Crippen molar-refractivity contribution in [1.29, 1.82) is 0 Å². The van der Waals surface area contributed by atoms with Crippen LogP contribution in [0.25, 0.3) is 0 Å². The van der Waals surface area contributed by atoms with Crippen LogP contribution in [0.15, 0.2) is 35.2 Å². The molecule has 0 radical (unpaired) electrons. The van der Waals surface area contributed by atoms with Gasteiger partial charge >= 0.3 is 0 Å². The zero-order valence-electron chi connectivity index (χ0n) is 10.0. The highest BCUT2D eigenvalue weighted by Crippen LogP contribution is 2.29. The van der Waals surface area contributed by atoms with Crippen molar-refractivity contribution in [2.45, 2.75) is 43.6 Å². The van der Waals surface area contributed by atoms with Gasteiger partial charge in [0.2, 0.25) is 0 Å². The molecular formula is C13H18O3S. The molecule has 17 heavy (non-hydrogen) atoms. The Morgan fingerprint density at radius 2 is 1.76 bits per heavy atom. The molecule has 2 unspecified atom stereocenters. The highest BCUT2D eigenvalue weighted by molar-refractivity contribution is 7.86. The summed E-state index contributed by atoms with van der Waals surface area (Å²) in [7, 11) is -3.59. The summed E-state index contributed by atoms with van der Waals surface area (Å²) in [6.45, 7) is 2.06. The number of rotatable bonds is 3. The maximum Gasteiger partial charge on any atom is 0.297 e. The number of benzene rings is 1. The Bertz CT molecular complexity index is 453. The minimum Gasteiger partial charge on any atom is -0.263 e. The van der Waals surface area contributed by atoms with Gasteiger partial charge in [-0.3, -0.25) is 4.18 Å². The topological polar surface area (TPSA) is 43.4 Å². The molecule has 0 aromatic heterocycles. The molecule has 0 spiro atoms. The van der Waals surface area contributed by atoms with Crippen LogP contribution in [-0.4, -0.2) is 14.5 Å². The zero-order chi connectivity index (χ0) is 12.3. The van der Waals surface area contributed by atoms with Gasteiger partial charge in [-0.15, -0.1) is 0 Å². The van der Waals surface area contributed by atoms with E-state index < -0.39 is 10.1 Å². The summed E-state index contributed by atoms with van der Waals surface area (Å²) >= 11 is 0. The second kappa shape index (κ2) is 5.19. The van der Waals surface area contributed by atoms with E-state index in [0.717, 1.165) is 19.3 Å². The summed E-state index contributed by atoms with van der Waals surface area (Å²) in [5.41, 5.74) is 0. The quantitative estimate of drug-likeness (QED) is 0.779. The van der Waals surface area contributed by atoms with Crippen molar-refractivity contribution in [1.82, 2.24) is 0 Å². The van der Waals surface area contributed by atoms with Gasteiger partial charge in [0.15, 0.2) is 0 Å². The summed E-state index contributed by atoms with van der Waals surface area (Å²) in [5.74, 6) is 0.322. The van der Waals surface area contributed by atoms with Crippen LogP contribution in [0.5, 0.6) is 0 Å². The first-order chi connectivity index (χ1) is 8.09. The minimum atomic E-state index is -3.59. The lowest BCUT2D eigenvalue weighted by molar-refractivity contribution is 0.109. The van der Waals surface area contributed by atoms with Crippen molar-refractivity contribution in [3.8, 4) is 0 Å². The molecule has 94 valence electrons. The number of hydrogen-bond donors (Lipinski definition) is 0. The van der Waals surface area contributed by atoms with E-state index in [4.69, 9.17) is 4.18 Å². The average Bonchev–Trinajstić information content (AvgIpc) is 2.33. The first-order valence-electron chi connectivity index (χ1n) is 6.08. The van der Waals surface area contributed by atoms with Gasteiger partial charge in [0.1, 0.15) is 0 Å². The smallest absolute Gasteiger partial charge is 0.263 e. The molecule has 1 fully saturated rings. The molecule has 2 rings (SSSR count). The van der Waals surface area contributed by atoms with Crippen LogP contribution in [0.2, 0.25) is 0 Å². The van der Waals surface area contributed by atoms with E-state index >= 15 is 0 Å². The summed E-state index contributed by atoms with van der Waals surface area (Å²) in [6.07, 6.45) is 3.96. The molecule has 1 aliphatic rings. The van der Waals surface area contributed by atoms with Crippen LogP contribution >= 0.6 is 0 Å². The molecule has 1 aromatic carbocycles. The first kappa shape index (κ1) is 12.6. The second-order valence-corrected chi connectivity index (χ2v) is 6.24. The molecule has 1 aromatic rings. The Balaban J connectivity index is 2.12. The van der Waals surface area contributed by atoms with Gasteiger partial charge < -0.3 is 0 Å². The van der Waals surface area contributed by atoms with Gasteiger partial charge in [-0.1, -0.05) is 38.0 Å².